The Hall–Kier alpha value is -1.40. The van der Waals surface area contributed by atoms with Crippen molar-refractivity contribution in [1.82, 2.24) is 4.90 Å². The highest BCUT2D eigenvalue weighted by atomic mass is 79.9. The van der Waals surface area contributed by atoms with E-state index in [2.05, 4.69) is 44.9 Å². The van der Waals surface area contributed by atoms with Gasteiger partial charge in [0.1, 0.15) is 0 Å². The predicted octanol–water partition coefficient (Wildman–Crippen LogP) is 2.11. The van der Waals surface area contributed by atoms with Gasteiger partial charge in [0.2, 0.25) is 0 Å². The van der Waals surface area contributed by atoms with Crippen LogP contribution in [0.1, 0.15) is 24.2 Å². The average Bonchev–Trinajstić information content (AvgIpc) is 2.73. The molecule has 0 bridgehead atoms. The van der Waals surface area contributed by atoms with E-state index < -0.39 is 11.7 Å². The molecule has 0 unspecified atom stereocenters. The van der Waals surface area contributed by atoms with Crippen molar-refractivity contribution in [2.45, 2.75) is 19.9 Å². The van der Waals surface area contributed by atoms with Gasteiger partial charge in [0.15, 0.2) is 0 Å². The summed E-state index contributed by atoms with van der Waals surface area (Å²) < 4.78 is 0.865. The summed E-state index contributed by atoms with van der Waals surface area (Å²) in [7, 11) is 0. The first-order chi connectivity index (χ1) is 9.97. The number of Topliss-reactive ketones (excluding diaryl/α,β-unsaturated/α-hetero) is 1. The maximum atomic E-state index is 11.7. The smallest absolute Gasteiger partial charge is 0.296 e. The first kappa shape index (κ1) is 14.5. The van der Waals surface area contributed by atoms with Crippen LogP contribution in [0, 0.1) is 0 Å². The maximum Gasteiger partial charge on any atom is 0.296 e. The summed E-state index contributed by atoms with van der Waals surface area (Å²) in [6.07, 6.45) is 0. The number of carbonyl (C=O) groups is 2. The molecule has 0 saturated carbocycles. The van der Waals surface area contributed by atoms with Crippen LogP contribution in [-0.4, -0.2) is 48.8 Å². The van der Waals surface area contributed by atoms with Gasteiger partial charge in [-0.2, -0.15) is 0 Å². The monoisotopic (exact) mass is 351 g/mol. The van der Waals surface area contributed by atoms with Crippen molar-refractivity contribution in [1.29, 1.82) is 0 Å². The van der Waals surface area contributed by atoms with Gasteiger partial charge in [-0.25, -0.2) is 0 Å². The van der Waals surface area contributed by atoms with Crippen molar-refractivity contribution in [3.8, 4) is 0 Å². The Morgan fingerprint density at radius 3 is 2.43 bits per heavy atom. The Bertz CT molecular complexity index is 607. The third kappa shape index (κ3) is 2.58. The number of piperazine rings is 1. The first-order valence-corrected chi connectivity index (χ1v) is 7.95. The molecule has 0 radical (unpaired) electrons. The van der Waals surface area contributed by atoms with E-state index >= 15 is 0 Å². The molecule has 21 heavy (non-hydrogen) atoms. The number of nitrogens with one attached hydrogen (secondary N) is 1. The normalized spacial score (nSPS) is 19.1. The topological polar surface area (TPSA) is 52.7 Å². The average molecular weight is 352 g/mol. The summed E-state index contributed by atoms with van der Waals surface area (Å²) >= 11 is 3.53. The van der Waals surface area contributed by atoms with Crippen molar-refractivity contribution < 1.29 is 9.59 Å². The van der Waals surface area contributed by atoms with Crippen LogP contribution in [0.3, 0.4) is 0 Å². The lowest BCUT2D eigenvalue weighted by atomic mass is 10.1. The number of ketones is 1. The Labute approximate surface area is 132 Å². The lowest BCUT2D eigenvalue weighted by Gasteiger charge is -2.38. The highest BCUT2D eigenvalue weighted by molar-refractivity contribution is 9.10. The second-order valence-corrected chi connectivity index (χ2v) is 6.60. The summed E-state index contributed by atoms with van der Waals surface area (Å²) in [5.74, 6) is -0.999. The molecule has 1 aromatic rings. The molecular formula is C15H18BrN3O2. The number of anilines is 2. The lowest BCUT2D eigenvalue weighted by Crippen LogP contribution is -2.49. The molecule has 3 rings (SSSR count). The standard InChI is InChI=1S/C15H18BrN3O2/c1-9(2)18-3-5-19(6-4-18)13-8-12-10(7-11(13)16)14(20)15(21)17-12/h7-9H,3-6H2,1-2H3,(H,17,20,21). The van der Waals surface area contributed by atoms with Gasteiger partial charge in [-0.1, -0.05) is 0 Å². The van der Waals surface area contributed by atoms with E-state index in [-0.39, 0.29) is 0 Å². The molecule has 2 heterocycles. The van der Waals surface area contributed by atoms with Crippen molar-refractivity contribution in [3.05, 3.63) is 22.2 Å². The molecule has 1 aromatic carbocycles. The second kappa shape index (κ2) is 5.42. The van der Waals surface area contributed by atoms with Crippen LogP contribution in [-0.2, 0) is 4.79 Å². The van der Waals surface area contributed by atoms with Crippen LogP contribution in [0.25, 0.3) is 0 Å². The molecule has 6 heteroatoms. The fourth-order valence-electron chi connectivity index (χ4n) is 2.88. The summed E-state index contributed by atoms with van der Waals surface area (Å²) in [5, 5.41) is 2.63. The van der Waals surface area contributed by atoms with Gasteiger partial charge in [-0.15, -0.1) is 0 Å². The van der Waals surface area contributed by atoms with E-state index in [1.807, 2.05) is 6.07 Å². The van der Waals surface area contributed by atoms with Gasteiger partial charge >= 0.3 is 0 Å². The van der Waals surface area contributed by atoms with E-state index in [0.717, 1.165) is 36.3 Å². The minimum atomic E-state index is -0.543. The molecule has 0 aliphatic carbocycles. The largest absolute Gasteiger partial charge is 0.368 e. The highest BCUT2D eigenvalue weighted by Crippen LogP contribution is 2.35. The van der Waals surface area contributed by atoms with Crippen LogP contribution in [0.4, 0.5) is 11.4 Å². The van der Waals surface area contributed by atoms with Crippen LogP contribution in [0.2, 0.25) is 0 Å². The van der Waals surface area contributed by atoms with Gasteiger partial charge in [-0.3, -0.25) is 14.5 Å². The van der Waals surface area contributed by atoms with Crippen molar-refractivity contribution in [3.63, 3.8) is 0 Å². The molecule has 1 amide bonds. The third-order valence-electron chi connectivity index (χ3n) is 4.17. The van der Waals surface area contributed by atoms with Crippen molar-refractivity contribution in [2.24, 2.45) is 0 Å². The van der Waals surface area contributed by atoms with Gasteiger partial charge in [0, 0.05) is 36.7 Å². The van der Waals surface area contributed by atoms with Gasteiger partial charge in [0.05, 0.1) is 16.9 Å². The molecule has 0 spiro atoms. The van der Waals surface area contributed by atoms with Gasteiger partial charge < -0.3 is 10.2 Å². The molecule has 1 fully saturated rings. The molecule has 0 aromatic heterocycles. The number of halogens is 1. The Morgan fingerprint density at radius 1 is 1.14 bits per heavy atom. The quantitative estimate of drug-likeness (QED) is 0.829. The van der Waals surface area contributed by atoms with E-state index in [0.29, 0.717) is 17.3 Å². The second-order valence-electron chi connectivity index (χ2n) is 5.75. The van der Waals surface area contributed by atoms with Crippen molar-refractivity contribution >= 4 is 39.0 Å². The van der Waals surface area contributed by atoms with Crippen LogP contribution < -0.4 is 10.2 Å². The number of fused-ring (bicyclic) bond motifs is 1. The van der Waals surface area contributed by atoms with Gasteiger partial charge in [-0.05, 0) is 41.9 Å². The number of rotatable bonds is 2. The Morgan fingerprint density at radius 2 is 1.81 bits per heavy atom. The van der Waals surface area contributed by atoms with E-state index in [9.17, 15) is 9.59 Å². The molecule has 2 aliphatic rings. The van der Waals surface area contributed by atoms with Crippen LogP contribution in [0.5, 0.6) is 0 Å². The number of carbonyl (C=O) groups excluding carboxylic acids is 2. The minimum absolute atomic E-state index is 0.455. The van der Waals surface area contributed by atoms with E-state index in [4.69, 9.17) is 0 Å². The molecule has 1 saturated heterocycles. The van der Waals surface area contributed by atoms with Crippen molar-refractivity contribution in [2.75, 3.05) is 36.4 Å². The Balaban J connectivity index is 1.83. The third-order valence-corrected chi connectivity index (χ3v) is 4.81. The summed E-state index contributed by atoms with van der Waals surface area (Å²) in [5.41, 5.74) is 2.11. The molecule has 1 N–H and O–H groups in total. The number of benzene rings is 1. The molecule has 112 valence electrons. The summed E-state index contributed by atoms with van der Waals surface area (Å²) in [6, 6.07) is 4.21. The summed E-state index contributed by atoms with van der Waals surface area (Å²) in [6.45, 7) is 8.35. The number of nitrogens with zero attached hydrogens (tertiary/aromatic N) is 2. The molecule has 5 nitrogen and oxygen atoms in total. The SMILES string of the molecule is CC(C)N1CCN(c2cc3c(cc2Br)C(=O)C(=O)N3)CC1. The van der Waals surface area contributed by atoms with E-state index in [1.165, 1.54) is 0 Å². The Kier molecular flexibility index (Phi) is 3.75. The van der Waals surface area contributed by atoms with Crippen LogP contribution in [0.15, 0.2) is 16.6 Å². The molecule has 0 atom stereocenters. The highest BCUT2D eigenvalue weighted by Gasteiger charge is 2.30. The number of amides is 1. The predicted molar refractivity (Wildman–Crippen MR) is 86.0 cm³/mol. The lowest BCUT2D eigenvalue weighted by molar-refractivity contribution is -0.112. The first-order valence-electron chi connectivity index (χ1n) is 7.15. The molecule has 2 aliphatic heterocycles. The van der Waals surface area contributed by atoms with Gasteiger partial charge in [0.25, 0.3) is 11.7 Å². The number of hydrogen-bond donors (Lipinski definition) is 1. The zero-order valence-corrected chi connectivity index (χ0v) is 13.7. The maximum absolute atomic E-state index is 11.7. The molecular weight excluding hydrogens is 334 g/mol. The van der Waals surface area contributed by atoms with E-state index in [1.54, 1.807) is 6.07 Å². The minimum Gasteiger partial charge on any atom is -0.368 e. The summed E-state index contributed by atoms with van der Waals surface area (Å²) in [4.78, 5) is 27.9. The van der Waals surface area contributed by atoms with Crippen LogP contribution >= 0.6 is 15.9 Å². The fraction of sp³-hybridized carbons (Fsp3) is 0.467. The zero-order chi connectivity index (χ0) is 15.1. The fourth-order valence-corrected chi connectivity index (χ4v) is 3.47. The zero-order valence-electron chi connectivity index (χ0n) is 12.1. The number of hydrogen-bond acceptors (Lipinski definition) is 4.